The van der Waals surface area contributed by atoms with Crippen LogP contribution in [0.1, 0.15) is 16.7 Å². The Bertz CT molecular complexity index is 1000. The number of halogens is 1. The second-order valence-electron chi connectivity index (χ2n) is 6.01. The summed E-state index contributed by atoms with van der Waals surface area (Å²) in [7, 11) is 0. The third-order valence-corrected chi connectivity index (χ3v) is 4.26. The van der Waals surface area contributed by atoms with Gasteiger partial charge in [-0.25, -0.2) is 9.78 Å². The monoisotopic (exact) mass is 395 g/mol. The van der Waals surface area contributed by atoms with Crippen LogP contribution < -0.4 is 9.47 Å². The van der Waals surface area contributed by atoms with E-state index < -0.39 is 5.97 Å². The van der Waals surface area contributed by atoms with Gasteiger partial charge in [0.05, 0.1) is 6.20 Å². The van der Waals surface area contributed by atoms with Gasteiger partial charge in [0.2, 0.25) is 5.88 Å². The predicted octanol–water partition coefficient (Wildman–Crippen LogP) is 5.51. The highest BCUT2D eigenvalue weighted by molar-refractivity contribution is 6.31. The van der Waals surface area contributed by atoms with Crippen LogP contribution in [0.25, 0.3) is 6.08 Å². The smallest absolute Gasteiger partial charge is 0.328 e. The van der Waals surface area contributed by atoms with Crippen molar-refractivity contribution in [2.75, 3.05) is 0 Å². The minimum Gasteiger partial charge on any atom is -0.487 e. The quantitative estimate of drug-likeness (QED) is 0.534. The topological polar surface area (TPSA) is 68.7 Å². The fourth-order valence-electron chi connectivity index (χ4n) is 2.46. The Hall–Kier alpha value is -3.31. The molecule has 6 heteroatoms. The van der Waals surface area contributed by atoms with Crippen molar-refractivity contribution in [1.29, 1.82) is 0 Å². The van der Waals surface area contributed by atoms with Crippen molar-refractivity contribution >= 4 is 23.6 Å². The molecule has 3 aromatic rings. The van der Waals surface area contributed by atoms with E-state index in [1.807, 2.05) is 37.3 Å². The number of carbonyl (C=O) groups is 1. The number of benzene rings is 2. The highest BCUT2D eigenvalue weighted by atomic mass is 35.5. The van der Waals surface area contributed by atoms with Gasteiger partial charge in [-0.3, -0.25) is 0 Å². The first-order chi connectivity index (χ1) is 13.5. The molecule has 0 atom stereocenters. The van der Waals surface area contributed by atoms with E-state index in [1.54, 1.807) is 30.5 Å². The zero-order valence-corrected chi connectivity index (χ0v) is 15.9. The van der Waals surface area contributed by atoms with Crippen LogP contribution in [0, 0.1) is 6.92 Å². The van der Waals surface area contributed by atoms with Crippen molar-refractivity contribution in [3.63, 3.8) is 0 Å². The van der Waals surface area contributed by atoms with Gasteiger partial charge >= 0.3 is 5.97 Å². The molecule has 0 unspecified atom stereocenters. The van der Waals surface area contributed by atoms with E-state index in [9.17, 15) is 4.79 Å². The first-order valence-electron chi connectivity index (χ1n) is 8.53. The number of hydrogen-bond donors (Lipinski definition) is 1. The molecule has 5 nitrogen and oxygen atoms in total. The molecule has 1 N–H and O–H groups in total. The molecule has 0 saturated carbocycles. The third kappa shape index (κ3) is 5.34. The van der Waals surface area contributed by atoms with Crippen molar-refractivity contribution in [3.8, 4) is 17.4 Å². The van der Waals surface area contributed by atoms with Gasteiger partial charge in [0.25, 0.3) is 0 Å². The summed E-state index contributed by atoms with van der Waals surface area (Å²) in [4.78, 5) is 14.9. The van der Waals surface area contributed by atoms with Gasteiger partial charge in [-0.2, -0.15) is 0 Å². The van der Waals surface area contributed by atoms with Crippen molar-refractivity contribution < 1.29 is 19.4 Å². The summed E-state index contributed by atoms with van der Waals surface area (Å²) in [5.74, 6) is 0.698. The summed E-state index contributed by atoms with van der Waals surface area (Å²) in [6.45, 7) is 2.24. The molecule has 1 aromatic heterocycles. The second kappa shape index (κ2) is 9.06. The second-order valence-corrected chi connectivity index (χ2v) is 6.42. The molecule has 0 spiro atoms. The number of carboxylic acid groups (broad SMARTS) is 1. The number of ether oxygens (including phenoxy) is 2. The number of hydrogen-bond acceptors (Lipinski definition) is 4. The standard InChI is InChI=1S/C22H18ClNO4/c1-15-12-16(7-11-22(25)26)6-9-20(15)28-21-10-8-18(13-24-21)27-14-17-4-2-3-5-19(17)23/h2-13H,14H2,1H3,(H,25,26)/b11-7+. The SMILES string of the molecule is Cc1cc(/C=C/C(=O)O)ccc1Oc1ccc(OCc2ccccc2Cl)cn1. The predicted molar refractivity (Wildman–Crippen MR) is 108 cm³/mol. The van der Waals surface area contributed by atoms with Crippen LogP contribution in [0.3, 0.4) is 0 Å². The van der Waals surface area contributed by atoms with Crippen LogP contribution in [-0.4, -0.2) is 16.1 Å². The lowest BCUT2D eigenvalue weighted by molar-refractivity contribution is -0.131. The van der Waals surface area contributed by atoms with E-state index in [4.69, 9.17) is 26.2 Å². The van der Waals surface area contributed by atoms with Crippen molar-refractivity contribution in [2.45, 2.75) is 13.5 Å². The zero-order chi connectivity index (χ0) is 19.9. The zero-order valence-electron chi connectivity index (χ0n) is 15.1. The van der Waals surface area contributed by atoms with Gasteiger partial charge in [-0.15, -0.1) is 0 Å². The van der Waals surface area contributed by atoms with Crippen LogP contribution in [0.15, 0.2) is 66.9 Å². The van der Waals surface area contributed by atoms with Gasteiger partial charge in [0.1, 0.15) is 18.1 Å². The van der Waals surface area contributed by atoms with E-state index >= 15 is 0 Å². The van der Waals surface area contributed by atoms with Gasteiger partial charge in [-0.05, 0) is 48.4 Å². The van der Waals surface area contributed by atoms with Gasteiger partial charge in [0, 0.05) is 22.7 Å². The average Bonchev–Trinajstić information content (AvgIpc) is 2.68. The number of aliphatic carboxylic acids is 1. The fourth-order valence-corrected chi connectivity index (χ4v) is 2.65. The number of nitrogens with zero attached hydrogens (tertiary/aromatic N) is 1. The first kappa shape index (κ1) is 19.5. The summed E-state index contributed by atoms with van der Waals surface area (Å²) < 4.78 is 11.5. The van der Waals surface area contributed by atoms with Gasteiger partial charge in [-0.1, -0.05) is 35.9 Å². The van der Waals surface area contributed by atoms with E-state index in [1.165, 1.54) is 6.08 Å². The molecule has 28 heavy (non-hydrogen) atoms. The number of aromatic nitrogens is 1. The van der Waals surface area contributed by atoms with Crippen molar-refractivity contribution in [3.05, 3.63) is 88.6 Å². The molecule has 0 saturated heterocycles. The lowest BCUT2D eigenvalue weighted by Crippen LogP contribution is -1.97. The average molecular weight is 396 g/mol. The number of rotatable bonds is 7. The maximum atomic E-state index is 10.6. The van der Waals surface area contributed by atoms with Crippen LogP contribution in [0.2, 0.25) is 5.02 Å². The van der Waals surface area contributed by atoms with Crippen LogP contribution >= 0.6 is 11.6 Å². The van der Waals surface area contributed by atoms with Crippen molar-refractivity contribution in [1.82, 2.24) is 4.98 Å². The van der Waals surface area contributed by atoms with Gasteiger partial charge < -0.3 is 14.6 Å². The molecule has 0 bridgehead atoms. The largest absolute Gasteiger partial charge is 0.487 e. The Kier molecular flexibility index (Phi) is 6.29. The first-order valence-corrected chi connectivity index (χ1v) is 8.91. The highest BCUT2D eigenvalue weighted by Gasteiger charge is 2.05. The summed E-state index contributed by atoms with van der Waals surface area (Å²) in [6, 6.07) is 16.4. The maximum absolute atomic E-state index is 10.6. The maximum Gasteiger partial charge on any atom is 0.328 e. The summed E-state index contributed by atoms with van der Waals surface area (Å²) in [5.41, 5.74) is 2.55. The number of carboxylic acids is 1. The van der Waals surface area contributed by atoms with E-state index in [0.29, 0.717) is 29.0 Å². The van der Waals surface area contributed by atoms with Crippen LogP contribution in [0.4, 0.5) is 0 Å². The molecular weight excluding hydrogens is 378 g/mol. The fraction of sp³-hybridized carbons (Fsp3) is 0.0909. The summed E-state index contributed by atoms with van der Waals surface area (Å²) in [5, 5.41) is 9.36. The molecule has 0 amide bonds. The molecule has 0 radical (unpaired) electrons. The van der Waals surface area contributed by atoms with Crippen molar-refractivity contribution in [2.24, 2.45) is 0 Å². The minimum absolute atomic E-state index is 0.353. The lowest BCUT2D eigenvalue weighted by atomic mass is 10.1. The Morgan fingerprint density at radius 2 is 2.00 bits per heavy atom. The Balaban J connectivity index is 1.62. The van der Waals surface area contributed by atoms with Crippen LogP contribution in [-0.2, 0) is 11.4 Å². The molecule has 2 aromatic carbocycles. The molecule has 142 valence electrons. The van der Waals surface area contributed by atoms with E-state index in [-0.39, 0.29) is 0 Å². The Morgan fingerprint density at radius 3 is 2.68 bits per heavy atom. The van der Waals surface area contributed by atoms with E-state index in [0.717, 1.165) is 22.8 Å². The summed E-state index contributed by atoms with van der Waals surface area (Å²) in [6.07, 6.45) is 4.21. The molecule has 3 rings (SSSR count). The Morgan fingerprint density at radius 1 is 1.18 bits per heavy atom. The molecular formula is C22H18ClNO4. The number of aryl methyl sites for hydroxylation is 1. The minimum atomic E-state index is -0.987. The number of pyridine rings is 1. The molecule has 0 aliphatic heterocycles. The lowest BCUT2D eigenvalue weighted by Gasteiger charge is -2.10. The molecule has 0 fully saturated rings. The van der Waals surface area contributed by atoms with Crippen LogP contribution in [0.5, 0.6) is 17.4 Å². The molecule has 1 heterocycles. The Labute approximate surface area is 167 Å². The van der Waals surface area contributed by atoms with Gasteiger partial charge in [0.15, 0.2) is 0 Å². The van der Waals surface area contributed by atoms with E-state index in [2.05, 4.69) is 4.98 Å². The molecule has 0 aliphatic carbocycles. The highest BCUT2D eigenvalue weighted by Crippen LogP contribution is 2.26. The molecule has 0 aliphatic rings. The normalized spacial score (nSPS) is 10.8. The third-order valence-electron chi connectivity index (χ3n) is 3.89. The summed E-state index contributed by atoms with van der Waals surface area (Å²) >= 11 is 6.12.